The summed E-state index contributed by atoms with van der Waals surface area (Å²) in [5.41, 5.74) is 1.22. The minimum absolute atomic E-state index is 0.0304. The van der Waals surface area contributed by atoms with Crippen LogP contribution in [-0.2, 0) is 11.3 Å². The molecule has 6 heteroatoms. The molecule has 2 aromatic rings. The van der Waals surface area contributed by atoms with Gasteiger partial charge in [-0.15, -0.1) is 0 Å². The first kappa shape index (κ1) is 18.2. The molecule has 138 valence electrons. The van der Waals surface area contributed by atoms with Crippen molar-refractivity contribution >= 4 is 17.5 Å². The first-order valence-corrected chi connectivity index (χ1v) is 9.29. The van der Waals surface area contributed by atoms with Gasteiger partial charge in [0.05, 0.1) is 6.33 Å². The molecule has 1 heterocycles. The molecule has 0 unspecified atom stereocenters. The average molecular weight is 354 g/mol. The summed E-state index contributed by atoms with van der Waals surface area (Å²) in [7, 11) is 0. The molecule has 1 fully saturated rings. The van der Waals surface area contributed by atoms with E-state index >= 15 is 0 Å². The topological polar surface area (TPSA) is 76.0 Å². The zero-order valence-corrected chi connectivity index (χ0v) is 15.1. The Kier molecular flexibility index (Phi) is 6.04. The van der Waals surface area contributed by atoms with Crippen LogP contribution in [0.2, 0.25) is 0 Å². The van der Waals surface area contributed by atoms with Crippen molar-refractivity contribution in [2.24, 2.45) is 5.92 Å². The van der Waals surface area contributed by atoms with Gasteiger partial charge in [0, 0.05) is 42.1 Å². The first-order chi connectivity index (χ1) is 12.6. The quantitative estimate of drug-likeness (QED) is 0.836. The Morgan fingerprint density at radius 2 is 2.08 bits per heavy atom. The second-order valence-corrected chi connectivity index (χ2v) is 7.04. The van der Waals surface area contributed by atoms with Crippen LogP contribution >= 0.6 is 0 Å². The third-order valence-corrected chi connectivity index (χ3v) is 4.79. The van der Waals surface area contributed by atoms with E-state index in [9.17, 15) is 9.59 Å². The van der Waals surface area contributed by atoms with Crippen LogP contribution in [0.15, 0.2) is 43.0 Å². The van der Waals surface area contributed by atoms with E-state index in [0.29, 0.717) is 17.8 Å². The number of nitrogens with zero attached hydrogens (tertiary/aromatic N) is 2. The van der Waals surface area contributed by atoms with Gasteiger partial charge in [-0.3, -0.25) is 9.59 Å². The average Bonchev–Trinajstić information content (AvgIpc) is 3.15. The Morgan fingerprint density at radius 1 is 1.27 bits per heavy atom. The molecule has 0 spiro atoms. The fourth-order valence-electron chi connectivity index (χ4n) is 3.41. The molecule has 1 aromatic carbocycles. The lowest BCUT2D eigenvalue weighted by molar-refractivity contribution is -0.120. The summed E-state index contributed by atoms with van der Waals surface area (Å²) in [6.07, 6.45) is 10.7. The van der Waals surface area contributed by atoms with E-state index in [1.807, 2.05) is 23.8 Å². The monoisotopic (exact) mass is 354 g/mol. The highest BCUT2D eigenvalue weighted by Crippen LogP contribution is 2.25. The van der Waals surface area contributed by atoms with Gasteiger partial charge < -0.3 is 15.2 Å². The number of imidazole rings is 1. The number of aromatic nitrogens is 2. The minimum Gasteiger partial charge on any atom is -0.348 e. The zero-order chi connectivity index (χ0) is 18.4. The molecule has 3 rings (SSSR count). The maximum absolute atomic E-state index is 12.5. The maximum Gasteiger partial charge on any atom is 0.251 e. The van der Waals surface area contributed by atoms with Crippen LogP contribution < -0.4 is 10.6 Å². The number of nitrogens with one attached hydrogen (secondary N) is 2. The van der Waals surface area contributed by atoms with Crippen LogP contribution in [0.1, 0.15) is 49.4 Å². The van der Waals surface area contributed by atoms with Gasteiger partial charge in [0.1, 0.15) is 0 Å². The second kappa shape index (κ2) is 8.65. The number of hydrogen-bond acceptors (Lipinski definition) is 3. The van der Waals surface area contributed by atoms with Crippen molar-refractivity contribution in [3.63, 3.8) is 0 Å². The van der Waals surface area contributed by atoms with E-state index in [1.54, 1.807) is 30.7 Å². The lowest BCUT2D eigenvalue weighted by Gasteiger charge is -2.21. The Balaban J connectivity index is 1.57. The van der Waals surface area contributed by atoms with Gasteiger partial charge in [-0.05, 0) is 38.0 Å². The lowest BCUT2D eigenvalue weighted by Crippen LogP contribution is -2.35. The summed E-state index contributed by atoms with van der Waals surface area (Å²) >= 11 is 0. The van der Waals surface area contributed by atoms with Gasteiger partial charge in [0.15, 0.2) is 0 Å². The maximum atomic E-state index is 12.5. The molecule has 1 aliphatic carbocycles. The molecule has 2 amide bonds. The summed E-state index contributed by atoms with van der Waals surface area (Å²) in [6, 6.07) is 7.09. The van der Waals surface area contributed by atoms with Gasteiger partial charge in [-0.25, -0.2) is 4.98 Å². The third kappa shape index (κ3) is 4.94. The first-order valence-electron chi connectivity index (χ1n) is 9.29. The van der Waals surface area contributed by atoms with Crippen molar-refractivity contribution in [1.82, 2.24) is 14.9 Å². The number of carbonyl (C=O) groups is 2. The normalized spacial score (nSPS) is 16.0. The summed E-state index contributed by atoms with van der Waals surface area (Å²) < 4.78 is 1.92. The van der Waals surface area contributed by atoms with Crippen molar-refractivity contribution in [2.45, 2.75) is 51.6 Å². The number of rotatable bonds is 6. The minimum atomic E-state index is -0.147. The van der Waals surface area contributed by atoms with Crippen LogP contribution in [0.25, 0.3) is 0 Å². The number of benzene rings is 1. The Morgan fingerprint density at radius 3 is 2.81 bits per heavy atom. The molecule has 6 nitrogen and oxygen atoms in total. The molecule has 1 atom stereocenters. The molecule has 0 aliphatic heterocycles. The molecular weight excluding hydrogens is 328 g/mol. The van der Waals surface area contributed by atoms with Crippen LogP contribution in [0, 0.1) is 5.92 Å². The number of carbonyl (C=O) groups excluding carboxylic acids is 2. The molecular formula is C20H26N4O2. The molecule has 0 radical (unpaired) electrons. The van der Waals surface area contributed by atoms with E-state index in [-0.39, 0.29) is 23.8 Å². The smallest absolute Gasteiger partial charge is 0.251 e. The van der Waals surface area contributed by atoms with Gasteiger partial charge in [0.25, 0.3) is 5.91 Å². The van der Waals surface area contributed by atoms with Gasteiger partial charge in [-0.1, -0.05) is 25.3 Å². The van der Waals surface area contributed by atoms with Crippen LogP contribution in [-0.4, -0.2) is 27.4 Å². The largest absolute Gasteiger partial charge is 0.348 e. The van der Waals surface area contributed by atoms with Crippen molar-refractivity contribution in [3.05, 3.63) is 48.5 Å². The Bertz CT molecular complexity index is 736. The van der Waals surface area contributed by atoms with Crippen molar-refractivity contribution < 1.29 is 9.59 Å². The van der Waals surface area contributed by atoms with Crippen molar-refractivity contribution in [3.8, 4) is 0 Å². The van der Waals surface area contributed by atoms with E-state index in [0.717, 1.165) is 25.7 Å². The predicted octanol–water partition coefficient (Wildman–Crippen LogP) is 3.22. The second-order valence-electron chi connectivity index (χ2n) is 7.04. The van der Waals surface area contributed by atoms with Gasteiger partial charge in [-0.2, -0.15) is 0 Å². The zero-order valence-electron chi connectivity index (χ0n) is 15.1. The summed E-state index contributed by atoms with van der Waals surface area (Å²) in [5.74, 6) is 0.0125. The Hall–Kier alpha value is -2.63. The van der Waals surface area contributed by atoms with Crippen molar-refractivity contribution in [2.75, 3.05) is 5.32 Å². The molecule has 0 bridgehead atoms. The van der Waals surface area contributed by atoms with E-state index < -0.39 is 0 Å². The highest BCUT2D eigenvalue weighted by molar-refractivity contribution is 5.97. The SMILES string of the molecule is C[C@@H](Cn1ccnc1)NC(=O)c1cccc(NC(=O)C2CCCCC2)c1. The standard InChI is InChI=1S/C20H26N4O2/c1-15(13-24-11-10-21-14-24)22-20(26)17-8-5-9-18(12-17)23-19(25)16-6-3-2-4-7-16/h5,8-12,14-16H,2-4,6-7,13H2,1H3,(H,22,26)(H,23,25)/t15-/m0/s1. The van der Waals surface area contributed by atoms with Gasteiger partial charge in [0.2, 0.25) is 5.91 Å². The molecule has 0 saturated heterocycles. The molecule has 26 heavy (non-hydrogen) atoms. The van der Waals surface area contributed by atoms with Crippen LogP contribution in [0.5, 0.6) is 0 Å². The molecule has 1 aliphatic rings. The van der Waals surface area contributed by atoms with Gasteiger partial charge >= 0.3 is 0 Å². The predicted molar refractivity (Wildman–Crippen MR) is 101 cm³/mol. The summed E-state index contributed by atoms with van der Waals surface area (Å²) in [4.78, 5) is 28.9. The van der Waals surface area contributed by atoms with Crippen LogP contribution in [0.4, 0.5) is 5.69 Å². The summed E-state index contributed by atoms with van der Waals surface area (Å²) in [6.45, 7) is 2.61. The fraction of sp³-hybridized carbons (Fsp3) is 0.450. The number of hydrogen-bond donors (Lipinski definition) is 2. The highest BCUT2D eigenvalue weighted by Gasteiger charge is 2.21. The summed E-state index contributed by atoms with van der Waals surface area (Å²) in [5, 5.41) is 5.94. The van der Waals surface area contributed by atoms with E-state index in [1.165, 1.54) is 6.42 Å². The van der Waals surface area contributed by atoms with E-state index in [4.69, 9.17) is 0 Å². The third-order valence-electron chi connectivity index (χ3n) is 4.79. The van der Waals surface area contributed by atoms with E-state index in [2.05, 4.69) is 15.6 Å². The number of anilines is 1. The fourth-order valence-corrected chi connectivity index (χ4v) is 3.41. The molecule has 2 N–H and O–H groups in total. The van der Waals surface area contributed by atoms with Crippen molar-refractivity contribution in [1.29, 1.82) is 0 Å². The Labute approximate surface area is 154 Å². The molecule has 1 aromatic heterocycles. The highest BCUT2D eigenvalue weighted by atomic mass is 16.2. The molecule has 1 saturated carbocycles. The van der Waals surface area contributed by atoms with Crippen LogP contribution in [0.3, 0.4) is 0 Å². The lowest BCUT2D eigenvalue weighted by atomic mass is 9.88. The number of amides is 2.